The summed E-state index contributed by atoms with van der Waals surface area (Å²) in [5.41, 5.74) is 7.48. The van der Waals surface area contributed by atoms with Crippen molar-refractivity contribution >= 4 is 5.84 Å². The zero-order valence-electron chi connectivity index (χ0n) is 10.7. The maximum atomic E-state index is 8.96. The van der Waals surface area contributed by atoms with Gasteiger partial charge in [0.15, 0.2) is 5.84 Å². The molecule has 4 N–H and O–H groups in total. The van der Waals surface area contributed by atoms with Gasteiger partial charge in [-0.2, -0.15) is 0 Å². The molecule has 6 heteroatoms. The first-order valence-electron chi connectivity index (χ1n) is 5.99. The van der Waals surface area contributed by atoms with Crippen LogP contribution in [0.5, 0.6) is 5.75 Å². The fourth-order valence-electron chi connectivity index (χ4n) is 1.69. The first-order valence-corrected chi connectivity index (χ1v) is 5.99. The molecule has 0 fully saturated rings. The van der Waals surface area contributed by atoms with Crippen LogP contribution in [0.4, 0.5) is 0 Å². The molecular weight excluding hydrogens is 258 g/mol. The van der Waals surface area contributed by atoms with E-state index in [2.05, 4.69) is 10.1 Å². The van der Waals surface area contributed by atoms with Crippen LogP contribution in [0.25, 0.3) is 0 Å². The normalized spacial score (nSPS) is 11.3. The SMILES string of the molecule is NC(=NO)c1ncccc1COc1ccc(CO)cc1. The molecule has 2 rings (SSSR count). The molecule has 1 aromatic heterocycles. The first-order chi connectivity index (χ1) is 9.74. The summed E-state index contributed by atoms with van der Waals surface area (Å²) in [4.78, 5) is 4.06. The Bertz CT molecular complexity index is 597. The van der Waals surface area contributed by atoms with E-state index in [0.717, 1.165) is 5.56 Å². The number of nitrogens with zero attached hydrogens (tertiary/aromatic N) is 2. The second-order valence-electron chi connectivity index (χ2n) is 4.09. The number of pyridine rings is 1. The van der Waals surface area contributed by atoms with E-state index in [1.165, 1.54) is 0 Å². The van der Waals surface area contributed by atoms with Crippen LogP contribution in [-0.4, -0.2) is 21.1 Å². The van der Waals surface area contributed by atoms with Crippen molar-refractivity contribution < 1.29 is 15.1 Å². The Morgan fingerprint density at radius 2 is 2.00 bits per heavy atom. The van der Waals surface area contributed by atoms with Gasteiger partial charge in [-0.05, 0) is 23.8 Å². The molecular formula is C14H15N3O3. The highest BCUT2D eigenvalue weighted by Gasteiger charge is 2.08. The van der Waals surface area contributed by atoms with E-state index in [1.807, 2.05) is 0 Å². The lowest BCUT2D eigenvalue weighted by Gasteiger charge is -2.09. The minimum Gasteiger partial charge on any atom is -0.489 e. The smallest absolute Gasteiger partial charge is 0.189 e. The van der Waals surface area contributed by atoms with Crippen LogP contribution >= 0.6 is 0 Å². The van der Waals surface area contributed by atoms with E-state index in [4.69, 9.17) is 20.8 Å². The largest absolute Gasteiger partial charge is 0.489 e. The average Bonchev–Trinajstić information content (AvgIpc) is 2.53. The van der Waals surface area contributed by atoms with E-state index >= 15 is 0 Å². The lowest BCUT2D eigenvalue weighted by atomic mass is 10.2. The van der Waals surface area contributed by atoms with Gasteiger partial charge in [0.05, 0.1) is 6.61 Å². The molecule has 20 heavy (non-hydrogen) atoms. The Labute approximate surface area is 116 Å². The van der Waals surface area contributed by atoms with E-state index < -0.39 is 0 Å². The lowest BCUT2D eigenvalue weighted by molar-refractivity contribution is 0.280. The predicted molar refractivity (Wildman–Crippen MR) is 73.4 cm³/mol. The zero-order valence-corrected chi connectivity index (χ0v) is 10.7. The Balaban J connectivity index is 2.10. The van der Waals surface area contributed by atoms with E-state index in [1.54, 1.807) is 42.6 Å². The number of amidine groups is 1. The molecule has 0 spiro atoms. The van der Waals surface area contributed by atoms with Crippen molar-refractivity contribution in [1.82, 2.24) is 4.98 Å². The molecule has 104 valence electrons. The van der Waals surface area contributed by atoms with Crippen molar-refractivity contribution in [3.8, 4) is 5.75 Å². The lowest BCUT2D eigenvalue weighted by Crippen LogP contribution is -2.18. The number of benzene rings is 1. The minimum absolute atomic E-state index is 0.00344. The number of aliphatic hydroxyl groups excluding tert-OH is 1. The third-order valence-electron chi connectivity index (χ3n) is 2.74. The quantitative estimate of drug-likeness (QED) is 0.329. The van der Waals surface area contributed by atoms with Crippen molar-refractivity contribution in [2.24, 2.45) is 10.9 Å². The highest BCUT2D eigenvalue weighted by molar-refractivity contribution is 5.96. The number of hydrogen-bond acceptors (Lipinski definition) is 5. The third kappa shape index (κ3) is 3.24. The summed E-state index contributed by atoms with van der Waals surface area (Å²) in [6.07, 6.45) is 1.56. The van der Waals surface area contributed by atoms with Gasteiger partial charge in [0.1, 0.15) is 18.1 Å². The monoisotopic (exact) mass is 273 g/mol. The zero-order chi connectivity index (χ0) is 14.4. The summed E-state index contributed by atoms with van der Waals surface area (Å²) in [5, 5.41) is 20.6. The molecule has 0 saturated heterocycles. The van der Waals surface area contributed by atoms with Crippen molar-refractivity contribution in [3.63, 3.8) is 0 Å². The van der Waals surface area contributed by atoms with Gasteiger partial charge in [-0.15, -0.1) is 0 Å². The molecule has 0 bridgehead atoms. The minimum atomic E-state index is -0.0557. The summed E-state index contributed by atoms with van der Waals surface area (Å²) in [5.74, 6) is 0.608. The fraction of sp³-hybridized carbons (Fsp3) is 0.143. The second-order valence-corrected chi connectivity index (χ2v) is 4.09. The van der Waals surface area contributed by atoms with Crippen LogP contribution < -0.4 is 10.5 Å². The van der Waals surface area contributed by atoms with Crippen molar-refractivity contribution in [1.29, 1.82) is 0 Å². The van der Waals surface area contributed by atoms with Gasteiger partial charge < -0.3 is 20.8 Å². The van der Waals surface area contributed by atoms with Crippen LogP contribution in [0.2, 0.25) is 0 Å². The van der Waals surface area contributed by atoms with Gasteiger partial charge in [0, 0.05) is 11.8 Å². The van der Waals surface area contributed by atoms with E-state index in [9.17, 15) is 0 Å². The molecule has 0 radical (unpaired) electrons. The molecule has 0 saturated carbocycles. The van der Waals surface area contributed by atoms with Gasteiger partial charge in [-0.25, -0.2) is 0 Å². The van der Waals surface area contributed by atoms with Gasteiger partial charge >= 0.3 is 0 Å². The number of aliphatic hydroxyl groups is 1. The molecule has 0 aliphatic heterocycles. The Morgan fingerprint density at radius 1 is 1.25 bits per heavy atom. The predicted octanol–water partition coefficient (Wildman–Crippen LogP) is 1.25. The average molecular weight is 273 g/mol. The number of rotatable bonds is 5. The van der Waals surface area contributed by atoms with Crippen LogP contribution in [0, 0.1) is 0 Å². The van der Waals surface area contributed by atoms with Gasteiger partial charge in [0.25, 0.3) is 0 Å². The van der Waals surface area contributed by atoms with Gasteiger partial charge in [0.2, 0.25) is 0 Å². The van der Waals surface area contributed by atoms with Gasteiger partial charge in [-0.3, -0.25) is 4.98 Å². The van der Waals surface area contributed by atoms with E-state index in [0.29, 0.717) is 17.0 Å². The van der Waals surface area contributed by atoms with Crippen molar-refractivity contribution in [2.75, 3.05) is 0 Å². The standard InChI is InChI=1S/C14H15N3O3/c15-14(17-19)13-11(2-1-7-16-13)9-20-12-5-3-10(8-18)4-6-12/h1-7,18-19H,8-9H2,(H2,15,17). The highest BCUT2D eigenvalue weighted by atomic mass is 16.5. The van der Waals surface area contributed by atoms with Crippen LogP contribution in [-0.2, 0) is 13.2 Å². The van der Waals surface area contributed by atoms with Crippen LogP contribution in [0.3, 0.4) is 0 Å². The molecule has 0 aliphatic carbocycles. The second kappa shape index (κ2) is 6.53. The molecule has 2 aromatic rings. The highest BCUT2D eigenvalue weighted by Crippen LogP contribution is 2.15. The Hall–Kier alpha value is -2.60. The topological polar surface area (TPSA) is 101 Å². The Kier molecular flexibility index (Phi) is 4.52. The summed E-state index contributed by atoms with van der Waals surface area (Å²) < 4.78 is 5.61. The number of oxime groups is 1. The molecule has 1 aromatic carbocycles. The van der Waals surface area contributed by atoms with Crippen LogP contribution in [0.1, 0.15) is 16.8 Å². The number of ether oxygens (including phenoxy) is 1. The first kappa shape index (κ1) is 13.8. The summed E-state index contributed by atoms with van der Waals surface area (Å²) in [6, 6.07) is 10.6. The fourth-order valence-corrected chi connectivity index (χ4v) is 1.69. The Morgan fingerprint density at radius 3 is 2.65 bits per heavy atom. The summed E-state index contributed by atoms with van der Waals surface area (Å²) >= 11 is 0. The number of hydrogen-bond donors (Lipinski definition) is 3. The molecule has 0 atom stereocenters. The maximum Gasteiger partial charge on any atom is 0.189 e. The maximum absolute atomic E-state index is 8.96. The molecule has 6 nitrogen and oxygen atoms in total. The van der Waals surface area contributed by atoms with Crippen LogP contribution in [0.15, 0.2) is 47.8 Å². The summed E-state index contributed by atoms with van der Waals surface area (Å²) in [6.45, 7) is 0.244. The molecule has 0 unspecified atom stereocenters. The molecule has 0 aliphatic rings. The van der Waals surface area contributed by atoms with E-state index in [-0.39, 0.29) is 19.0 Å². The van der Waals surface area contributed by atoms with Crippen molar-refractivity contribution in [3.05, 3.63) is 59.4 Å². The summed E-state index contributed by atoms with van der Waals surface area (Å²) in [7, 11) is 0. The molecule has 1 heterocycles. The third-order valence-corrected chi connectivity index (χ3v) is 2.74. The van der Waals surface area contributed by atoms with Gasteiger partial charge in [-0.1, -0.05) is 23.4 Å². The number of aromatic nitrogens is 1. The van der Waals surface area contributed by atoms with Crippen molar-refractivity contribution in [2.45, 2.75) is 13.2 Å². The molecule has 0 amide bonds. The number of nitrogens with two attached hydrogens (primary N) is 1.